The van der Waals surface area contributed by atoms with Crippen LogP contribution in [0.4, 0.5) is 5.69 Å². The first kappa shape index (κ1) is 14.4. The molecule has 0 N–H and O–H groups in total. The number of non-ortho nitro benzene ring substituents is 1. The molecule has 108 valence electrons. The molecule has 8 heteroatoms. The number of aryl methyl sites for hydroxylation is 1. The van der Waals surface area contributed by atoms with Crippen LogP contribution in [0.25, 0.3) is 0 Å². The molecular formula is C13H11N3O5. The van der Waals surface area contributed by atoms with Gasteiger partial charge in [-0.15, -0.1) is 0 Å². The van der Waals surface area contributed by atoms with Crippen molar-refractivity contribution in [3.05, 3.63) is 52.0 Å². The third-order valence-electron chi connectivity index (χ3n) is 2.61. The molecule has 0 aliphatic carbocycles. The van der Waals surface area contributed by atoms with Crippen LogP contribution in [-0.2, 0) is 4.74 Å². The molecule has 8 nitrogen and oxygen atoms in total. The van der Waals surface area contributed by atoms with Crippen LogP contribution in [0.15, 0.2) is 30.6 Å². The van der Waals surface area contributed by atoms with Gasteiger partial charge in [-0.25, -0.2) is 14.8 Å². The Labute approximate surface area is 119 Å². The van der Waals surface area contributed by atoms with Crippen LogP contribution in [0.1, 0.15) is 16.1 Å². The summed E-state index contributed by atoms with van der Waals surface area (Å²) in [6, 6.07) is 4.20. The van der Waals surface area contributed by atoms with E-state index in [9.17, 15) is 14.9 Å². The van der Waals surface area contributed by atoms with Gasteiger partial charge in [0.15, 0.2) is 5.69 Å². The van der Waals surface area contributed by atoms with E-state index in [1.54, 1.807) is 6.92 Å². The molecule has 0 atom stereocenters. The molecule has 0 radical (unpaired) electrons. The summed E-state index contributed by atoms with van der Waals surface area (Å²) < 4.78 is 9.97. The standard InChI is InChI=1S/C13H11N3O5/c1-8-5-9(16(18)19)3-4-11(8)21-12-7-14-10(6-15-12)13(17)20-2/h3-7H,1-2H3. The largest absolute Gasteiger partial charge is 0.464 e. The predicted octanol–water partition coefficient (Wildman–Crippen LogP) is 2.27. The first-order valence-corrected chi connectivity index (χ1v) is 5.84. The molecule has 0 aliphatic heterocycles. The Kier molecular flexibility index (Phi) is 4.07. The number of ether oxygens (including phenoxy) is 2. The maximum Gasteiger partial charge on any atom is 0.358 e. The molecule has 0 aliphatic rings. The summed E-state index contributed by atoms with van der Waals surface area (Å²) in [6.45, 7) is 1.68. The molecule has 0 amide bonds. The highest BCUT2D eigenvalue weighted by Crippen LogP contribution is 2.26. The summed E-state index contributed by atoms with van der Waals surface area (Å²) in [5, 5.41) is 10.7. The number of hydrogen-bond acceptors (Lipinski definition) is 7. The average Bonchev–Trinajstić information content (AvgIpc) is 2.49. The Bertz CT molecular complexity index is 685. The van der Waals surface area contributed by atoms with E-state index in [0.717, 1.165) is 0 Å². The zero-order valence-electron chi connectivity index (χ0n) is 11.3. The molecule has 2 rings (SSSR count). The van der Waals surface area contributed by atoms with Crippen LogP contribution in [-0.4, -0.2) is 28.0 Å². The number of benzene rings is 1. The van der Waals surface area contributed by atoms with Gasteiger partial charge in [0.05, 0.1) is 24.4 Å². The van der Waals surface area contributed by atoms with Crippen LogP contribution in [0.2, 0.25) is 0 Å². The quantitative estimate of drug-likeness (QED) is 0.483. The van der Waals surface area contributed by atoms with Gasteiger partial charge < -0.3 is 9.47 Å². The molecule has 0 bridgehead atoms. The SMILES string of the molecule is COC(=O)c1cnc(Oc2ccc([N+](=O)[O-])cc2C)cn1. The summed E-state index contributed by atoms with van der Waals surface area (Å²) in [5.41, 5.74) is 0.625. The fourth-order valence-electron chi connectivity index (χ4n) is 1.55. The zero-order valence-corrected chi connectivity index (χ0v) is 11.3. The number of aromatic nitrogens is 2. The normalized spacial score (nSPS) is 10.0. The van der Waals surface area contributed by atoms with Gasteiger partial charge in [-0.1, -0.05) is 0 Å². The van der Waals surface area contributed by atoms with Crippen LogP contribution < -0.4 is 4.74 Å². The van der Waals surface area contributed by atoms with E-state index in [0.29, 0.717) is 11.3 Å². The Hall–Kier alpha value is -3.03. The summed E-state index contributed by atoms with van der Waals surface area (Å²) in [4.78, 5) is 29.1. The minimum Gasteiger partial charge on any atom is -0.464 e. The van der Waals surface area contributed by atoms with Crippen molar-refractivity contribution in [3.63, 3.8) is 0 Å². The number of esters is 1. The van der Waals surface area contributed by atoms with Gasteiger partial charge in [-0.2, -0.15) is 0 Å². The van der Waals surface area contributed by atoms with Gasteiger partial charge in [0.25, 0.3) is 5.69 Å². The van der Waals surface area contributed by atoms with Crippen molar-refractivity contribution in [2.24, 2.45) is 0 Å². The van der Waals surface area contributed by atoms with Gasteiger partial charge in [0.2, 0.25) is 5.88 Å². The second-order valence-electron chi connectivity index (χ2n) is 4.04. The van der Waals surface area contributed by atoms with Crippen molar-refractivity contribution in [1.29, 1.82) is 0 Å². The van der Waals surface area contributed by atoms with Gasteiger partial charge in [0, 0.05) is 12.1 Å². The van der Waals surface area contributed by atoms with Crippen LogP contribution >= 0.6 is 0 Å². The third kappa shape index (κ3) is 3.30. The van der Waals surface area contributed by atoms with Crippen LogP contribution in [0.5, 0.6) is 11.6 Å². The Morgan fingerprint density at radius 2 is 2.05 bits per heavy atom. The maximum atomic E-state index is 11.2. The first-order valence-electron chi connectivity index (χ1n) is 5.84. The van der Waals surface area contributed by atoms with Crippen LogP contribution in [0, 0.1) is 17.0 Å². The van der Waals surface area contributed by atoms with Crippen molar-refractivity contribution >= 4 is 11.7 Å². The van der Waals surface area contributed by atoms with Crippen molar-refractivity contribution in [3.8, 4) is 11.6 Å². The Balaban J connectivity index is 2.18. The minimum absolute atomic E-state index is 0.0213. The molecule has 2 aromatic rings. The molecule has 1 aromatic carbocycles. The van der Waals surface area contributed by atoms with E-state index < -0.39 is 10.9 Å². The number of nitro benzene ring substituents is 1. The van der Waals surface area contributed by atoms with Gasteiger partial charge >= 0.3 is 5.97 Å². The van der Waals surface area contributed by atoms with Crippen molar-refractivity contribution in [1.82, 2.24) is 9.97 Å². The van der Waals surface area contributed by atoms with E-state index in [1.807, 2.05) is 0 Å². The fourth-order valence-corrected chi connectivity index (χ4v) is 1.55. The average molecular weight is 289 g/mol. The van der Waals surface area contributed by atoms with Crippen molar-refractivity contribution in [2.75, 3.05) is 7.11 Å². The van der Waals surface area contributed by atoms with E-state index in [4.69, 9.17) is 4.74 Å². The topological polar surface area (TPSA) is 104 Å². The molecular weight excluding hydrogens is 278 g/mol. The van der Waals surface area contributed by atoms with Gasteiger partial charge in [0.1, 0.15) is 5.75 Å². The van der Waals surface area contributed by atoms with E-state index in [1.165, 1.54) is 37.7 Å². The van der Waals surface area contributed by atoms with Crippen molar-refractivity contribution in [2.45, 2.75) is 6.92 Å². The Morgan fingerprint density at radius 1 is 1.29 bits per heavy atom. The molecule has 0 fully saturated rings. The van der Waals surface area contributed by atoms with Gasteiger partial charge in [-0.05, 0) is 18.6 Å². The number of carbonyl (C=O) groups excluding carboxylic acids is 1. The lowest BCUT2D eigenvalue weighted by Gasteiger charge is -2.07. The summed E-state index contributed by atoms with van der Waals surface area (Å²) in [7, 11) is 1.24. The number of carbonyl (C=O) groups is 1. The predicted molar refractivity (Wildman–Crippen MR) is 71.3 cm³/mol. The molecule has 0 spiro atoms. The monoisotopic (exact) mass is 289 g/mol. The molecule has 0 saturated carbocycles. The summed E-state index contributed by atoms with van der Waals surface area (Å²) in [5.74, 6) is -0.0131. The fraction of sp³-hybridized carbons (Fsp3) is 0.154. The van der Waals surface area contributed by atoms with E-state index >= 15 is 0 Å². The lowest BCUT2D eigenvalue weighted by atomic mass is 10.2. The van der Waals surface area contributed by atoms with Crippen LogP contribution in [0.3, 0.4) is 0 Å². The molecule has 21 heavy (non-hydrogen) atoms. The van der Waals surface area contributed by atoms with Crippen molar-refractivity contribution < 1.29 is 19.2 Å². The second-order valence-corrected chi connectivity index (χ2v) is 4.04. The second kappa shape index (κ2) is 5.95. The lowest BCUT2D eigenvalue weighted by molar-refractivity contribution is -0.384. The summed E-state index contributed by atoms with van der Waals surface area (Å²) >= 11 is 0. The maximum absolute atomic E-state index is 11.2. The van der Waals surface area contributed by atoms with E-state index in [2.05, 4.69) is 14.7 Å². The highest BCUT2D eigenvalue weighted by molar-refractivity contribution is 5.86. The lowest BCUT2D eigenvalue weighted by Crippen LogP contribution is -2.05. The number of methoxy groups -OCH3 is 1. The van der Waals surface area contributed by atoms with E-state index in [-0.39, 0.29) is 17.3 Å². The molecule has 0 unspecified atom stereocenters. The third-order valence-corrected chi connectivity index (χ3v) is 2.61. The van der Waals surface area contributed by atoms with Gasteiger partial charge in [-0.3, -0.25) is 10.1 Å². The zero-order chi connectivity index (χ0) is 15.4. The number of nitro groups is 1. The molecule has 1 heterocycles. The number of hydrogen-bond donors (Lipinski definition) is 0. The molecule has 1 aromatic heterocycles. The summed E-state index contributed by atoms with van der Waals surface area (Å²) in [6.07, 6.45) is 2.50. The Morgan fingerprint density at radius 3 is 2.57 bits per heavy atom. The highest BCUT2D eigenvalue weighted by Gasteiger charge is 2.11. The number of rotatable bonds is 4. The first-order chi connectivity index (χ1) is 10.0. The molecule has 0 saturated heterocycles. The number of nitrogens with zero attached hydrogens (tertiary/aromatic N) is 3. The smallest absolute Gasteiger partial charge is 0.358 e. The highest BCUT2D eigenvalue weighted by atomic mass is 16.6. The minimum atomic E-state index is -0.597.